The number of benzene rings is 2. The maximum atomic E-state index is 13.5. The number of aryl methyl sites for hydroxylation is 1. The van der Waals surface area contributed by atoms with E-state index in [-0.39, 0.29) is 33.9 Å². The number of amides is 3. The summed E-state index contributed by atoms with van der Waals surface area (Å²) >= 11 is 0. The van der Waals surface area contributed by atoms with Gasteiger partial charge in [-0.25, -0.2) is 4.79 Å². The normalized spacial score (nSPS) is 12.0. The van der Waals surface area contributed by atoms with E-state index < -0.39 is 35.5 Å². The van der Waals surface area contributed by atoms with Crippen LogP contribution in [0.3, 0.4) is 0 Å². The molecule has 0 aliphatic heterocycles. The zero-order valence-corrected chi connectivity index (χ0v) is 25.5. The first-order valence-electron chi connectivity index (χ1n) is 14.3. The van der Waals surface area contributed by atoms with Crippen LogP contribution >= 0.6 is 0 Å². The van der Waals surface area contributed by atoms with Gasteiger partial charge in [-0.05, 0) is 51.0 Å². The number of aromatic nitrogens is 4. The molecule has 0 fully saturated rings. The van der Waals surface area contributed by atoms with Crippen molar-refractivity contribution in [2.24, 2.45) is 7.05 Å². The van der Waals surface area contributed by atoms with Gasteiger partial charge in [0.05, 0.1) is 16.8 Å². The predicted molar refractivity (Wildman–Crippen MR) is 166 cm³/mol. The summed E-state index contributed by atoms with van der Waals surface area (Å²) in [6.07, 6.45) is 0.832. The van der Waals surface area contributed by atoms with E-state index in [4.69, 9.17) is 9.15 Å². The number of ether oxygens (including phenoxy) is 1. The molecule has 1 atom stereocenters. The summed E-state index contributed by atoms with van der Waals surface area (Å²) in [5.41, 5.74) is 0.881. The van der Waals surface area contributed by atoms with Gasteiger partial charge < -0.3 is 25.1 Å². The number of anilines is 2. The fraction of sp³-hybridized carbons (Fsp3) is 0.250. The molecule has 1 unspecified atom stereocenters. The van der Waals surface area contributed by atoms with Crippen LogP contribution in [0.4, 0.5) is 16.3 Å². The molecule has 0 bridgehead atoms. The number of nitrogens with zero attached hydrogens (tertiary/aromatic N) is 4. The van der Waals surface area contributed by atoms with E-state index in [1.54, 1.807) is 38.2 Å². The highest BCUT2D eigenvalue weighted by molar-refractivity contribution is 6.14. The van der Waals surface area contributed by atoms with Gasteiger partial charge in [0.15, 0.2) is 17.2 Å². The van der Waals surface area contributed by atoms with Crippen molar-refractivity contribution in [3.05, 3.63) is 95.5 Å². The van der Waals surface area contributed by atoms with E-state index in [0.29, 0.717) is 12.1 Å². The SMILES string of the molecule is CCC(C)OC(=O)n1nc(NC(=O)c2ccccc2NC(=O)c2ccnn2C)c2oc(C(=O)NC(C)(C)c3ccccc3)cc21. The molecule has 3 heterocycles. The van der Waals surface area contributed by atoms with E-state index in [0.717, 1.165) is 10.2 Å². The molecule has 13 heteroatoms. The summed E-state index contributed by atoms with van der Waals surface area (Å²) < 4.78 is 13.7. The highest BCUT2D eigenvalue weighted by atomic mass is 16.6. The fourth-order valence-electron chi connectivity index (χ4n) is 4.57. The number of hydrogen-bond acceptors (Lipinski definition) is 8. The number of carbonyl (C=O) groups is 4. The molecule has 0 saturated carbocycles. The average Bonchev–Trinajstić information content (AvgIpc) is 3.73. The van der Waals surface area contributed by atoms with E-state index in [1.807, 2.05) is 51.1 Å². The molecule has 0 aliphatic carbocycles. The summed E-state index contributed by atoms with van der Waals surface area (Å²) in [5.74, 6) is -1.87. The van der Waals surface area contributed by atoms with Crippen molar-refractivity contribution in [1.82, 2.24) is 24.9 Å². The minimum Gasteiger partial charge on any atom is -0.445 e. The Balaban J connectivity index is 1.46. The Morgan fingerprint density at radius 3 is 2.36 bits per heavy atom. The standard InChI is InChI=1S/C32H33N7O6/c1-6-19(2)44-31(43)39-24-18-25(30(42)36-32(3,4)20-12-8-7-9-13-20)45-26(24)27(37-39)35-28(40)21-14-10-11-15-22(21)34-29(41)23-16-17-33-38(23)5/h7-19H,6H2,1-5H3,(H,34,41)(H,36,42)(H,35,37,40). The Labute approximate surface area is 258 Å². The number of hydrogen-bond donors (Lipinski definition) is 3. The first-order valence-corrected chi connectivity index (χ1v) is 14.3. The van der Waals surface area contributed by atoms with Crippen LogP contribution in [-0.4, -0.2) is 49.5 Å². The number of carbonyl (C=O) groups excluding carboxylic acids is 4. The molecule has 3 N–H and O–H groups in total. The third-order valence-corrected chi connectivity index (χ3v) is 7.26. The van der Waals surface area contributed by atoms with Crippen molar-refractivity contribution < 1.29 is 28.3 Å². The van der Waals surface area contributed by atoms with Crippen molar-refractivity contribution in [1.29, 1.82) is 0 Å². The maximum absolute atomic E-state index is 13.5. The first-order chi connectivity index (χ1) is 21.5. The molecular formula is C32H33N7O6. The largest absolute Gasteiger partial charge is 0.445 e. The lowest BCUT2D eigenvalue weighted by Crippen LogP contribution is -2.40. The highest BCUT2D eigenvalue weighted by Gasteiger charge is 2.29. The topological polar surface area (TPSA) is 162 Å². The van der Waals surface area contributed by atoms with Crippen LogP contribution in [0.15, 0.2) is 77.3 Å². The van der Waals surface area contributed by atoms with Crippen molar-refractivity contribution in [3.63, 3.8) is 0 Å². The molecule has 0 spiro atoms. The van der Waals surface area contributed by atoms with E-state index >= 15 is 0 Å². The number of nitrogens with one attached hydrogen (secondary N) is 3. The molecule has 0 saturated heterocycles. The zero-order valence-electron chi connectivity index (χ0n) is 25.5. The first kappa shape index (κ1) is 30.7. The van der Waals surface area contributed by atoms with Gasteiger partial charge in [-0.15, -0.1) is 5.10 Å². The lowest BCUT2D eigenvalue weighted by atomic mass is 9.94. The lowest BCUT2D eigenvalue weighted by Gasteiger charge is -2.26. The summed E-state index contributed by atoms with van der Waals surface area (Å²) in [4.78, 5) is 52.8. The van der Waals surface area contributed by atoms with E-state index in [9.17, 15) is 19.2 Å². The molecule has 232 valence electrons. The van der Waals surface area contributed by atoms with Crippen molar-refractivity contribution in [2.45, 2.75) is 45.8 Å². The smallest absolute Gasteiger partial charge is 0.435 e. The number of para-hydroxylation sites is 1. The van der Waals surface area contributed by atoms with Crippen LogP contribution < -0.4 is 16.0 Å². The summed E-state index contributed by atoms with van der Waals surface area (Å²) in [5, 5.41) is 16.6. The van der Waals surface area contributed by atoms with Gasteiger partial charge in [0.25, 0.3) is 17.7 Å². The van der Waals surface area contributed by atoms with Gasteiger partial charge in [-0.1, -0.05) is 49.4 Å². The fourth-order valence-corrected chi connectivity index (χ4v) is 4.57. The van der Waals surface area contributed by atoms with Crippen LogP contribution in [0.25, 0.3) is 11.1 Å². The number of rotatable bonds is 9. The van der Waals surface area contributed by atoms with Gasteiger partial charge in [0.1, 0.15) is 17.3 Å². The molecule has 3 aromatic heterocycles. The van der Waals surface area contributed by atoms with E-state index in [2.05, 4.69) is 26.1 Å². The van der Waals surface area contributed by atoms with Gasteiger partial charge in [0.2, 0.25) is 0 Å². The Morgan fingerprint density at radius 2 is 1.67 bits per heavy atom. The van der Waals surface area contributed by atoms with Gasteiger partial charge in [-0.3, -0.25) is 19.1 Å². The zero-order chi connectivity index (χ0) is 32.3. The summed E-state index contributed by atoms with van der Waals surface area (Å²) in [6.45, 7) is 7.30. The van der Waals surface area contributed by atoms with Gasteiger partial charge >= 0.3 is 6.09 Å². The van der Waals surface area contributed by atoms with Gasteiger partial charge in [0, 0.05) is 19.3 Å². The van der Waals surface area contributed by atoms with Crippen LogP contribution in [0.1, 0.15) is 71.1 Å². The summed E-state index contributed by atoms with van der Waals surface area (Å²) in [6, 6.07) is 18.7. The maximum Gasteiger partial charge on any atom is 0.435 e. The lowest BCUT2D eigenvalue weighted by molar-refractivity contribution is 0.0884. The van der Waals surface area contributed by atoms with E-state index in [1.165, 1.54) is 23.0 Å². The van der Waals surface area contributed by atoms with Crippen molar-refractivity contribution >= 4 is 46.4 Å². The second kappa shape index (κ2) is 12.5. The minimum atomic E-state index is -0.809. The minimum absolute atomic E-state index is 0.0106. The Hall–Kier alpha value is -5.72. The van der Waals surface area contributed by atoms with Gasteiger partial charge in [-0.2, -0.15) is 9.78 Å². The monoisotopic (exact) mass is 611 g/mol. The third kappa shape index (κ3) is 6.47. The Morgan fingerprint density at radius 1 is 0.956 bits per heavy atom. The van der Waals surface area contributed by atoms with Crippen LogP contribution in [0.2, 0.25) is 0 Å². The molecule has 13 nitrogen and oxygen atoms in total. The average molecular weight is 612 g/mol. The van der Waals surface area contributed by atoms with Crippen molar-refractivity contribution in [3.8, 4) is 0 Å². The third-order valence-electron chi connectivity index (χ3n) is 7.26. The molecular weight excluding hydrogens is 578 g/mol. The second-order valence-electron chi connectivity index (χ2n) is 10.9. The molecule has 5 rings (SSSR count). The molecule has 2 aromatic carbocycles. The highest BCUT2D eigenvalue weighted by Crippen LogP contribution is 2.29. The van der Waals surface area contributed by atoms with Crippen LogP contribution in [0.5, 0.6) is 0 Å². The number of fused-ring (bicyclic) bond motifs is 1. The van der Waals surface area contributed by atoms with Crippen LogP contribution in [0, 0.1) is 0 Å². The number of furan rings is 1. The summed E-state index contributed by atoms with van der Waals surface area (Å²) in [7, 11) is 1.63. The van der Waals surface area contributed by atoms with Crippen molar-refractivity contribution in [2.75, 3.05) is 10.6 Å². The Bertz CT molecular complexity index is 1890. The molecule has 0 aliphatic rings. The van der Waals surface area contributed by atoms with Crippen LogP contribution in [-0.2, 0) is 17.3 Å². The second-order valence-corrected chi connectivity index (χ2v) is 10.9. The predicted octanol–water partition coefficient (Wildman–Crippen LogP) is 5.32. The molecule has 3 amide bonds. The molecule has 45 heavy (non-hydrogen) atoms. The quantitative estimate of drug-likeness (QED) is 0.202. The Kier molecular flexibility index (Phi) is 8.52. The molecule has 0 radical (unpaired) electrons. The molecule has 5 aromatic rings.